The Kier molecular flexibility index (Phi) is 6.41. The highest BCUT2D eigenvalue weighted by molar-refractivity contribution is 5.65. The van der Waals surface area contributed by atoms with Crippen molar-refractivity contribution in [1.29, 1.82) is 0 Å². The van der Waals surface area contributed by atoms with Crippen molar-refractivity contribution in [1.82, 2.24) is 0 Å². The van der Waals surface area contributed by atoms with Crippen LogP contribution < -0.4 is 10.1 Å². The van der Waals surface area contributed by atoms with E-state index < -0.39 is 24.5 Å². The highest BCUT2D eigenvalue weighted by atomic mass is 19.4. The van der Waals surface area contributed by atoms with Crippen molar-refractivity contribution >= 4 is 5.69 Å². The Hall–Kier alpha value is -3.03. The first-order valence-corrected chi connectivity index (χ1v) is 8.94. The molecule has 0 aromatic heterocycles. The van der Waals surface area contributed by atoms with E-state index in [0.717, 1.165) is 23.3 Å². The molecule has 1 atom stereocenters. The minimum absolute atomic E-state index is 0.0689. The number of aliphatic hydroxyl groups excluding tert-OH is 2. The lowest BCUT2D eigenvalue weighted by Crippen LogP contribution is -2.23. The van der Waals surface area contributed by atoms with Crippen LogP contribution in [0, 0.1) is 0 Å². The standard InChI is InChI=1S/C22H20F3NO3/c23-22(24,25)17-8-11-21(20(12-17)26-13-18(28)14-27)29-19-9-6-16(7-10-19)15-4-2-1-3-5-15/h1-12,18,26-28H,13-14H2. The van der Waals surface area contributed by atoms with E-state index >= 15 is 0 Å². The molecule has 0 amide bonds. The largest absolute Gasteiger partial charge is 0.455 e. The summed E-state index contributed by atoms with van der Waals surface area (Å²) in [5, 5.41) is 21.1. The summed E-state index contributed by atoms with van der Waals surface area (Å²) in [5.41, 5.74) is 1.24. The van der Waals surface area contributed by atoms with Crippen LogP contribution in [0.4, 0.5) is 18.9 Å². The van der Waals surface area contributed by atoms with Gasteiger partial charge >= 0.3 is 6.18 Å². The Bertz CT molecular complexity index is 928. The first kappa shape index (κ1) is 20.7. The maximum atomic E-state index is 13.0. The molecule has 152 valence electrons. The summed E-state index contributed by atoms with van der Waals surface area (Å²) in [6.45, 7) is -0.635. The van der Waals surface area contributed by atoms with Crippen LogP contribution in [-0.2, 0) is 6.18 Å². The summed E-state index contributed by atoms with van der Waals surface area (Å²) in [4.78, 5) is 0. The lowest BCUT2D eigenvalue weighted by atomic mass is 10.1. The van der Waals surface area contributed by atoms with Gasteiger partial charge in [0.2, 0.25) is 0 Å². The first-order chi connectivity index (χ1) is 13.9. The molecule has 1 unspecified atom stereocenters. The second-order valence-corrected chi connectivity index (χ2v) is 6.42. The topological polar surface area (TPSA) is 61.7 Å². The van der Waals surface area contributed by atoms with E-state index in [9.17, 15) is 18.3 Å². The van der Waals surface area contributed by atoms with Crippen molar-refractivity contribution in [2.45, 2.75) is 12.3 Å². The summed E-state index contributed by atoms with van der Waals surface area (Å²) < 4.78 is 44.9. The van der Waals surface area contributed by atoms with Gasteiger partial charge in [-0.3, -0.25) is 0 Å². The monoisotopic (exact) mass is 403 g/mol. The third-order valence-corrected chi connectivity index (χ3v) is 4.24. The van der Waals surface area contributed by atoms with E-state index in [1.807, 2.05) is 42.5 Å². The predicted octanol–water partition coefficient (Wildman–Crippen LogP) is 4.93. The number of halogens is 3. The number of rotatable bonds is 7. The molecular weight excluding hydrogens is 383 g/mol. The quantitative estimate of drug-likeness (QED) is 0.524. The third kappa shape index (κ3) is 5.49. The number of benzene rings is 3. The van der Waals surface area contributed by atoms with Crippen LogP contribution in [0.25, 0.3) is 11.1 Å². The molecular formula is C22H20F3NO3. The Morgan fingerprint density at radius 1 is 0.897 bits per heavy atom. The van der Waals surface area contributed by atoms with Crippen molar-refractivity contribution in [3.8, 4) is 22.6 Å². The minimum atomic E-state index is -4.51. The molecule has 3 aromatic rings. The Balaban J connectivity index is 1.83. The van der Waals surface area contributed by atoms with E-state index in [1.54, 1.807) is 12.1 Å². The fourth-order valence-corrected chi connectivity index (χ4v) is 2.70. The van der Waals surface area contributed by atoms with E-state index in [2.05, 4.69) is 5.32 Å². The maximum Gasteiger partial charge on any atom is 0.416 e. The van der Waals surface area contributed by atoms with Gasteiger partial charge < -0.3 is 20.3 Å². The lowest BCUT2D eigenvalue weighted by Gasteiger charge is -2.17. The van der Waals surface area contributed by atoms with Crippen LogP contribution in [0.3, 0.4) is 0 Å². The molecule has 4 nitrogen and oxygen atoms in total. The molecule has 0 aliphatic carbocycles. The molecule has 0 saturated carbocycles. The molecule has 0 fully saturated rings. The van der Waals surface area contributed by atoms with Crippen molar-refractivity contribution < 1.29 is 28.1 Å². The Morgan fingerprint density at radius 3 is 2.17 bits per heavy atom. The van der Waals surface area contributed by atoms with Crippen LogP contribution in [0.1, 0.15) is 5.56 Å². The van der Waals surface area contributed by atoms with E-state index in [0.29, 0.717) is 5.75 Å². The summed E-state index contributed by atoms with van der Waals surface area (Å²) in [7, 11) is 0. The zero-order valence-corrected chi connectivity index (χ0v) is 15.4. The molecule has 0 radical (unpaired) electrons. The third-order valence-electron chi connectivity index (χ3n) is 4.24. The second kappa shape index (κ2) is 8.98. The van der Waals surface area contributed by atoms with Gasteiger partial charge in [-0.15, -0.1) is 0 Å². The van der Waals surface area contributed by atoms with Gasteiger partial charge in [0.15, 0.2) is 5.75 Å². The molecule has 29 heavy (non-hydrogen) atoms. The average Bonchev–Trinajstić information content (AvgIpc) is 2.73. The Morgan fingerprint density at radius 2 is 1.55 bits per heavy atom. The van der Waals surface area contributed by atoms with Crippen molar-refractivity contribution in [2.75, 3.05) is 18.5 Å². The number of hydrogen-bond acceptors (Lipinski definition) is 4. The zero-order chi connectivity index (χ0) is 20.9. The van der Waals surface area contributed by atoms with E-state index in [-0.39, 0.29) is 18.0 Å². The van der Waals surface area contributed by atoms with Gasteiger partial charge in [0.1, 0.15) is 5.75 Å². The summed E-state index contributed by atoms with van der Waals surface area (Å²) in [5.74, 6) is 0.630. The molecule has 3 aromatic carbocycles. The number of nitrogens with one attached hydrogen (secondary N) is 1. The van der Waals surface area contributed by atoms with Crippen molar-refractivity contribution in [2.24, 2.45) is 0 Å². The van der Waals surface area contributed by atoms with Gasteiger partial charge in [-0.1, -0.05) is 42.5 Å². The molecule has 0 saturated heterocycles. The highest BCUT2D eigenvalue weighted by Crippen LogP contribution is 2.37. The SMILES string of the molecule is OCC(O)CNc1cc(C(F)(F)F)ccc1Oc1ccc(-c2ccccc2)cc1. The van der Waals surface area contributed by atoms with Gasteiger partial charge in [-0.25, -0.2) is 0 Å². The number of hydrogen-bond donors (Lipinski definition) is 3. The van der Waals surface area contributed by atoms with Crippen LogP contribution in [0.2, 0.25) is 0 Å². The average molecular weight is 403 g/mol. The predicted molar refractivity (Wildman–Crippen MR) is 105 cm³/mol. The van der Waals surface area contributed by atoms with Crippen molar-refractivity contribution in [3.05, 3.63) is 78.4 Å². The van der Waals surface area contributed by atoms with Crippen LogP contribution in [-0.4, -0.2) is 29.5 Å². The van der Waals surface area contributed by atoms with Gasteiger partial charge in [-0.2, -0.15) is 13.2 Å². The summed E-state index contributed by atoms with van der Waals surface area (Å²) >= 11 is 0. The van der Waals surface area contributed by atoms with E-state index in [1.165, 1.54) is 6.07 Å². The smallest absolute Gasteiger partial charge is 0.416 e. The molecule has 0 spiro atoms. The van der Waals surface area contributed by atoms with Crippen LogP contribution in [0.5, 0.6) is 11.5 Å². The zero-order valence-electron chi connectivity index (χ0n) is 15.4. The van der Waals surface area contributed by atoms with Gasteiger partial charge in [0, 0.05) is 6.54 Å². The number of alkyl halides is 3. The normalized spacial score (nSPS) is 12.4. The molecule has 7 heteroatoms. The fraction of sp³-hybridized carbons (Fsp3) is 0.182. The Labute approximate surface area is 166 Å². The number of anilines is 1. The molecule has 0 bridgehead atoms. The maximum absolute atomic E-state index is 13.0. The number of aliphatic hydroxyl groups is 2. The minimum Gasteiger partial charge on any atom is -0.455 e. The van der Waals surface area contributed by atoms with E-state index in [4.69, 9.17) is 9.84 Å². The molecule has 0 heterocycles. The molecule has 0 aliphatic heterocycles. The van der Waals surface area contributed by atoms with Gasteiger partial charge in [-0.05, 0) is 41.5 Å². The molecule has 3 rings (SSSR count). The number of ether oxygens (including phenoxy) is 1. The summed E-state index contributed by atoms with van der Waals surface area (Å²) in [6.07, 6.45) is -5.62. The van der Waals surface area contributed by atoms with Gasteiger partial charge in [0.25, 0.3) is 0 Å². The summed E-state index contributed by atoms with van der Waals surface area (Å²) in [6, 6.07) is 20.0. The van der Waals surface area contributed by atoms with Crippen LogP contribution >= 0.6 is 0 Å². The first-order valence-electron chi connectivity index (χ1n) is 8.94. The fourth-order valence-electron chi connectivity index (χ4n) is 2.70. The lowest BCUT2D eigenvalue weighted by molar-refractivity contribution is -0.137. The highest BCUT2D eigenvalue weighted by Gasteiger charge is 2.31. The van der Waals surface area contributed by atoms with Crippen molar-refractivity contribution in [3.63, 3.8) is 0 Å². The second-order valence-electron chi connectivity index (χ2n) is 6.42. The molecule has 0 aliphatic rings. The van der Waals surface area contributed by atoms with Gasteiger partial charge in [0.05, 0.1) is 24.0 Å². The molecule has 3 N–H and O–H groups in total. The van der Waals surface area contributed by atoms with Crippen LogP contribution in [0.15, 0.2) is 72.8 Å².